The molecule has 0 atom stereocenters. The van der Waals surface area contributed by atoms with E-state index in [4.69, 9.17) is 0 Å². The molecule has 28 heavy (non-hydrogen) atoms. The van der Waals surface area contributed by atoms with Crippen LogP contribution in [0.3, 0.4) is 0 Å². The van der Waals surface area contributed by atoms with Crippen LogP contribution in [0.1, 0.15) is 31.7 Å². The number of hydrogen-bond acceptors (Lipinski definition) is 5. The van der Waals surface area contributed by atoms with E-state index in [1.165, 1.54) is 17.3 Å². The topological polar surface area (TPSA) is 80.1 Å². The number of aromatic nitrogens is 3. The van der Waals surface area contributed by atoms with Crippen molar-refractivity contribution in [2.45, 2.75) is 44.8 Å². The molecule has 0 aliphatic carbocycles. The number of hydrogen-bond donors (Lipinski definition) is 1. The number of likely N-dealkylation sites (tertiary alicyclic amines) is 1. The Bertz CT molecular complexity index is 830. The quantitative estimate of drug-likeness (QED) is 0.688. The minimum Gasteiger partial charge on any atom is -0.346 e. The zero-order valence-corrected chi connectivity index (χ0v) is 17.3. The summed E-state index contributed by atoms with van der Waals surface area (Å²) in [5, 5.41) is 12.1. The first-order chi connectivity index (χ1) is 13.6. The lowest BCUT2D eigenvalue weighted by atomic mass is 10.1. The van der Waals surface area contributed by atoms with Crippen molar-refractivity contribution in [1.82, 2.24) is 25.0 Å². The molecule has 1 aromatic carbocycles. The Morgan fingerprint density at radius 1 is 1.21 bits per heavy atom. The van der Waals surface area contributed by atoms with Crippen molar-refractivity contribution in [3.05, 3.63) is 29.8 Å². The second-order valence-corrected chi connectivity index (χ2v) is 7.92. The Kier molecular flexibility index (Phi) is 7.08. The van der Waals surface area contributed by atoms with Crippen LogP contribution in [0.15, 0.2) is 29.4 Å². The highest BCUT2D eigenvalue weighted by molar-refractivity contribution is 7.99. The number of carbonyl (C=O) groups is 2. The molecule has 0 radical (unpaired) electrons. The number of nitrogens with one attached hydrogen (secondary N) is 1. The molecule has 0 saturated carbocycles. The van der Waals surface area contributed by atoms with E-state index < -0.39 is 0 Å². The molecule has 2 heterocycles. The molecule has 150 valence electrons. The molecule has 1 fully saturated rings. The lowest BCUT2D eigenvalue weighted by molar-refractivity contribution is -0.131. The fourth-order valence-corrected chi connectivity index (χ4v) is 4.05. The molecule has 2 amide bonds. The number of benzene rings is 1. The molecule has 7 nitrogen and oxygen atoms in total. The summed E-state index contributed by atoms with van der Waals surface area (Å²) in [6.07, 6.45) is 3.04. The predicted molar refractivity (Wildman–Crippen MR) is 110 cm³/mol. The number of nitrogens with zero attached hydrogens (tertiary/aromatic N) is 4. The smallest absolute Gasteiger partial charge is 0.241 e. The molecule has 3 rings (SSSR count). The molecule has 1 aliphatic heterocycles. The molecule has 0 spiro atoms. The largest absolute Gasteiger partial charge is 0.346 e. The first kappa shape index (κ1) is 20.4. The van der Waals surface area contributed by atoms with Gasteiger partial charge in [-0.3, -0.25) is 9.59 Å². The Hall–Kier alpha value is -2.35. The summed E-state index contributed by atoms with van der Waals surface area (Å²) in [4.78, 5) is 26.0. The van der Waals surface area contributed by atoms with Crippen molar-refractivity contribution in [1.29, 1.82) is 0 Å². The average molecular weight is 402 g/mol. The highest BCUT2D eigenvalue weighted by atomic mass is 32.2. The van der Waals surface area contributed by atoms with Crippen LogP contribution in [0, 0.1) is 6.92 Å². The molecule has 1 N–H and O–H groups in total. The summed E-state index contributed by atoms with van der Waals surface area (Å²) >= 11 is 1.35. The van der Waals surface area contributed by atoms with Crippen molar-refractivity contribution < 1.29 is 9.59 Å². The summed E-state index contributed by atoms with van der Waals surface area (Å²) in [5.74, 6) is 0.855. The maximum absolute atomic E-state index is 12.2. The Morgan fingerprint density at radius 3 is 2.71 bits per heavy atom. The van der Waals surface area contributed by atoms with Crippen molar-refractivity contribution in [3.63, 3.8) is 0 Å². The number of thioether (sulfide) groups is 1. The van der Waals surface area contributed by atoms with E-state index in [1.54, 1.807) is 4.90 Å². The fourth-order valence-electron chi connectivity index (χ4n) is 3.25. The first-order valence-corrected chi connectivity index (χ1v) is 10.7. The maximum Gasteiger partial charge on any atom is 0.241 e. The van der Waals surface area contributed by atoms with Crippen molar-refractivity contribution >= 4 is 23.6 Å². The van der Waals surface area contributed by atoms with Gasteiger partial charge < -0.3 is 14.8 Å². The second-order valence-electron chi connectivity index (χ2n) is 6.98. The lowest BCUT2D eigenvalue weighted by Crippen LogP contribution is -2.39. The summed E-state index contributed by atoms with van der Waals surface area (Å²) in [5.41, 5.74) is 2.19. The number of carbonyl (C=O) groups excluding carboxylic acids is 2. The van der Waals surface area contributed by atoms with Crippen LogP contribution >= 0.6 is 11.8 Å². The minimum absolute atomic E-state index is 0.00765. The van der Waals surface area contributed by atoms with Gasteiger partial charge in [0.2, 0.25) is 11.8 Å². The fraction of sp³-hybridized carbons (Fsp3) is 0.500. The molecule has 0 bridgehead atoms. The zero-order chi connectivity index (χ0) is 19.9. The third-order valence-electron chi connectivity index (χ3n) is 4.67. The van der Waals surface area contributed by atoms with Crippen LogP contribution in [-0.4, -0.2) is 56.9 Å². The molecule has 2 aromatic rings. The Morgan fingerprint density at radius 2 is 2.00 bits per heavy atom. The minimum atomic E-state index is -0.166. The average Bonchev–Trinajstić information content (AvgIpc) is 3.35. The van der Waals surface area contributed by atoms with E-state index in [-0.39, 0.29) is 24.1 Å². The van der Waals surface area contributed by atoms with Crippen LogP contribution < -0.4 is 5.32 Å². The van der Waals surface area contributed by atoms with Gasteiger partial charge in [-0.05, 0) is 32.3 Å². The SMILES string of the molecule is CCCn1c(SCC(=O)NCC(=O)N2CCCC2)nnc1-c1cccc(C)c1. The van der Waals surface area contributed by atoms with Gasteiger partial charge in [-0.25, -0.2) is 0 Å². The van der Waals surface area contributed by atoms with Crippen LogP contribution in [-0.2, 0) is 16.1 Å². The second kappa shape index (κ2) is 9.73. The van der Waals surface area contributed by atoms with Crippen LogP contribution in [0.2, 0.25) is 0 Å². The van der Waals surface area contributed by atoms with E-state index in [2.05, 4.69) is 33.1 Å². The van der Waals surface area contributed by atoms with Gasteiger partial charge in [-0.2, -0.15) is 0 Å². The molecular formula is C20H27N5O2S. The summed E-state index contributed by atoms with van der Waals surface area (Å²) in [6.45, 7) is 6.60. The van der Waals surface area contributed by atoms with Crippen LogP contribution in [0.25, 0.3) is 11.4 Å². The highest BCUT2D eigenvalue weighted by Gasteiger charge is 2.19. The molecule has 8 heteroatoms. The summed E-state index contributed by atoms with van der Waals surface area (Å²) in [7, 11) is 0. The van der Waals surface area contributed by atoms with Gasteiger partial charge in [0.15, 0.2) is 11.0 Å². The van der Waals surface area contributed by atoms with Crippen LogP contribution in [0.4, 0.5) is 0 Å². The molecule has 1 aliphatic rings. The van der Waals surface area contributed by atoms with Gasteiger partial charge in [-0.1, -0.05) is 42.4 Å². The zero-order valence-electron chi connectivity index (χ0n) is 16.5. The van der Waals surface area contributed by atoms with Gasteiger partial charge in [0.1, 0.15) is 0 Å². The predicted octanol–water partition coefficient (Wildman–Crippen LogP) is 2.49. The molecule has 0 unspecified atom stereocenters. The maximum atomic E-state index is 12.2. The van der Waals surface area contributed by atoms with Crippen molar-refractivity contribution in [2.75, 3.05) is 25.4 Å². The molecule has 1 saturated heterocycles. The van der Waals surface area contributed by atoms with Gasteiger partial charge in [0, 0.05) is 25.2 Å². The first-order valence-electron chi connectivity index (χ1n) is 9.76. The van der Waals surface area contributed by atoms with Crippen molar-refractivity contribution in [2.24, 2.45) is 0 Å². The van der Waals surface area contributed by atoms with Gasteiger partial charge in [0.25, 0.3) is 0 Å². The lowest BCUT2D eigenvalue weighted by Gasteiger charge is -2.15. The van der Waals surface area contributed by atoms with Gasteiger partial charge in [-0.15, -0.1) is 10.2 Å². The van der Waals surface area contributed by atoms with Gasteiger partial charge >= 0.3 is 0 Å². The Labute approximate surface area is 169 Å². The monoisotopic (exact) mass is 401 g/mol. The number of rotatable bonds is 8. The standard InChI is InChI=1S/C20H27N5O2S/c1-3-9-25-19(16-8-6-7-15(2)12-16)22-23-20(25)28-14-17(26)21-13-18(27)24-10-4-5-11-24/h6-8,12H,3-5,9-11,13-14H2,1-2H3,(H,21,26). The third-order valence-corrected chi connectivity index (χ3v) is 5.64. The van der Waals surface area contributed by atoms with E-state index in [1.807, 2.05) is 25.1 Å². The molecule has 1 aromatic heterocycles. The molecular weight excluding hydrogens is 374 g/mol. The van der Waals surface area contributed by atoms with E-state index in [9.17, 15) is 9.59 Å². The normalized spacial score (nSPS) is 13.7. The van der Waals surface area contributed by atoms with Crippen LogP contribution in [0.5, 0.6) is 0 Å². The third kappa shape index (κ3) is 5.13. The summed E-state index contributed by atoms with van der Waals surface area (Å²) < 4.78 is 2.06. The van der Waals surface area contributed by atoms with Gasteiger partial charge in [0.05, 0.1) is 12.3 Å². The number of amides is 2. The Balaban J connectivity index is 1.59. The van der Waals surface area contributed by atoms with E-state index >= 15 is 0 Å². The van der Waals surface area contributed by atoms with Crippen molar-refractivity contribution in [3.8, 4) is 11.4 Å². The van der Waals surface area contributed by atoms with E-state index in [0.29, 0.717) is 0 Å². The highest BCUT2D eigenvalue weighted by Crippen LogP contribution is 2.25. The number of aryl methyl sites for hydroxylation is 1. The van der Waals surface area contributed by atoms with E-state index in [0.717, 1.165) is 55.4 Å². The summed E-state index contributed by atoms with van der Waals surface area (Å²) in [6, 6.07) is 8.16.